The van der Waals surface area contributed by atoms with E-state index in [0.29, 0.717) is 0 Å². The van der Waals surface area contributed by atoms with Gasteiger partial charge in [-0.3, -0.25) is 4.57 Å². The lowest BCUT2D eigenvalue weighted by Gasteiger charge is -1.86. The number of hydrogen-bond donors (Lipinski definition) is 1. The first-order chi connectivity index (χ1) is 5.70. The molecule has 0 radical (unpaired) electrons. The zero-order valence-electron chi connectivity index (χ0n) is 7.72. The van der Waals surface area contributed by atoms with Crippen LogP contribution in [-0.2, 0) is 7.05 Å². The fraction of sp³-hybridized carbons (Fsp3) is 0.444. The standard InChI is InChI=1S/C9H14N2O/c1-4-6-8-7(5-2)10-9(12)11(8)3/h5-6H,4H2,1-3H3,(H,10,12)/b7-5+,8-6+. The van der Waals surface area contributed by atoms with Crippen LogP contribution in [0.1, 0.15) is 20.3 Å². The van der Waals surface area contributed by atoms with Gasteiger partial charge in [-0.05, 0) is 13.3 Å². The quantitative estimate of drug-likeness (QED) is 0.611. The van der Waals surface area contributed by atoms with Gasteiger partial charge in [0.25, 0.3) is 0 Å². The van der Waals surface area contributed by atoms with Crippen LogP contribution in [0.3, 0.4) is 0 Å². The van der Waals surface area contributed by atoms with Crippen molar-refractivity contribution in [1.29, 1.82) is 0 Å². The Bertz CT molecular complexity index is 422. The Morgan fingerprint density at radius 1 is 1.58 bits per heavy atom. The summed E-state index contributed by atoms with van der Waals surface area (Å²) < 4.78 is 1.62. The van der Waals surface area contributed by atoms with E-state index >= 15 is 0 Å². The molecule has 0 aliphatic carbocycles. The van der Waals surface area contributed by atoms with Crippen LogP contribution in [-0.4, -0.2) is 9.55 Å². The molecule has 0 aliphatic rings. The number of imidazole rings is 1. The number of H-pyrrole nitrogens is 1. The molecule has 0 amide bonds. The van der Waals surface area contributed by atoms with E-state index in [9.17, 15) is 4.79 Å². The largest absolute Gasteiger partial charge is 0.326 e. The smallest absolute Gasteiger partial charge is 0.306 e. The van der Waals surface area contributed by atoms with Crippen molar-refractivity contribution in [3.8, 4) is 0 Å². The molecule has 1 aromatic heterocycles. The first kappa shape index (κ1) is 8.84. The molecule has 0 aromatic carbocycles. The third kappa shape index (κ3) is 1.35. The summed E-state index contributed by atoms with van der Waals surface area (Å²) in [7, 11) is 1.77. The van der Waals surface area contributed by atoms with E-state index in [-0.39, 0.29) is 5.69 Å². The van der Waals surface area contributed by atoms with E-state index in [0.717, 1.165) is 17.1 Å². The Morgan fingerprint density at radius 2 is 2.25 bits per heavy atom. The summed E-state index contributed by atoms with van der Waals surface area (Å²) >= 11 is 0. The summed E-state index contributed by atoms with van der Waals surface area (Å²) in [5, 5.41) is 1.88. The molecule has 0 spiro atoms. The lowest BCUT2D eigenvalue weighted by atomic mass is 10.4. The maximum absolute atomic E-state index is 11.2. The first-order valence-corrected chi connectivity index (χ1v) is 4.12. The van der Waals surface area contributed by atoms with Crippen LogP contribution in [0.4, 0.5) is 0 Å². The molecule has 0 unspecified atom stereocenters. The number of rotatable bonds is 1. The average molecular weight is 166 g/mol. The van der Waals surface area contributed by atoms with Crippen molar-refractivity contribution in [3.05, 3.63) is 21.2 Å². The molecule has 0 saturated carbocycles. The SMILES string of the molecule is C/C=c1/[nH]c(=O)n(C)/c1=C/CC. The van der Waals surface area contributed by atoms with Crippen LogP contribution in [0.5, 0.6) is 0 Å². The van der Waals surface area contributed by atoms with Gasteiger partial charge in [0.1, 0.15) is 0 Å². The van der Waals surface area contributed by atoms with Gasteiger partial charge in [0.15, 0.2) is 0 Å². The summed E-state index contributed by atoms with van der Waals surface area (Å²) in [6.45, 7) is 3.97. The van der Waals surface area contributed by atoms with E-state index in [1.54, 1.807) is 11.6 Å². The van der Waals surface area contributed by atoms with Crippen LogP contribution < -0.4 is 16.4 Å². The summed E-state index contributed by atoms with van der Waals surface area (Å²) in [5.74, 6) is 0. The molecule has 1 aromatic rings. The summed E-state index contributed by atoms with van der Waals surface area (Å²) in [4.78, 5) is 13.9. The molecule has 1 N–H and O–H groups in total. The number of hydrogen-bond acceptors (Lipinski definition) is 1. The van der Waals surface area contributed by atoms with Crippen molar-refractivity contribution in [3.63, 3.8) is 0 Å². The topological polar surface area (TPSA) is 37.8 Å². The van der Waals surface area contributed by atoms with E-state index in [4.69, 9.17) is 0 Å². The molecule has 3 nitrogen and oxygen atoms in total. The van der Waals surface area contributed by atoms with Gasteiger partial charge in [0.2, 0.25) is 0 Å². The summed E-state index contributed by atoms with van der Waals surface area (Å²) in [6.07, 6.45) is 4.88. The molecular weight excluding hydrogens is 152 g/mol. The van der Waals surface area contributed by atoms with Crippen molar-refractivity contribution in [1.82, 2.24) is 9.55 Å². The number of aromatic nitrogens is 2. The molecule has 1 heterocycles. The Labute approximate surface area is 71.0 Å². The zero-order chi connectivity index (χ0) is 9.14. The van der Waals surface area contributed by atoms with Gasteiger partial charge in [0, 0.05) is 7.05 Å². The van der Waals surface area contributed by atoms with Crippen LogP contribution in [0.25, 0.3) is 12.2 Å². The third-order valence-electron chi connectivity index (χ3n) is 1.87. The molecule has 0 atom stereocenters. The van der Waals surface area contributed by atoms with Crippen molar-refractivity contribution < 1.29 is 0 Å². The molecular formula is C9H14N2O. The molecule has 12 heavy (non-hydrogen) atoms. The van der Waals surface area contributed by atoms with Crippen molar-refractivity contribution >= 4 is 12.2 Å². The first-order valence-electron chi connectivity index (χ1n) is 4.12. The van der Waals surface area contributed by atoms with Crippen LogP contribution in [0.15, 0.2) is 4.79 Å². The number of nitrogens with one attached hydrogen (secondary N) is 1. The normalized spacial score (nSPS) is 14.2. The highest BCUT2D eigenvalue weighted by molar-refractivity contribution is 5.23. The average Bonchev–Trinajstić information content (AvgIpc) is 2.33. The predicted molar refractivity (Wildman–Crippen MR) is 50.2 cm³/mol. The zero-order valence-corrected chi connectivity index (χ0v) is 7.72. The second kappa shape index (κ2) is 3.43. The minimum atomic E-state index is -0.0530. The van der Waals surface area contributed by atoms with E-state index in [2.05, 4.69) is 11.9 Å². The van der Waals surface area contributed by atoms with Gasteiger partial charge in [-0.1, -0.05) is 19.1 Å². The van der Waals surface area contributed by atoms with Crippen molar-refractivity contribution in [2.24, 2.45) is 7.05 Å². The predicted octanol–water partition coefficient (Wildman–Crippen LogP) is -0.296. The van der Waals surface area contributed by atoms with Crippen molar-refractivity contribution in [2.75, 3.05) is 0 Å². The van der Waals surface area contributed by atoms with Crippen molar-refractivity contribution in [2.45, 2.75) is 20.3 Å². The minimum absolute atomic E-state index is 0.0530. The van der Waals surface area contributed by atoms with Gasteiger partial charge in [-0.15, -0.1) is 0 Å². The lowest BCUT2D eigenvalue weighted by molar-refractivity contribution is 0.833. The fourth-order valence-corrected chi connectivity index (χ4v) is 1.21. The highest BCUT2D eigenvalue weighted by Gasteiger charge is 1.94. The molecule has 0 fully saturated rings. The molecule has 66 valence electrons. The molecule has 0 saturated heterocycles. The second-order valence-electron chi connectivity index (χ2n) is 2.69. The molecule has 3 heteroatoms. The van der Waals surface area contributed by atoms with Crippen LogP contribution >= 0.6 is 0 Å². The summed E-state index contributed by atoms with van der Waals surface area (Å²) in [6, 6.07) is 0. The second-order valence-corrected chi connectivity index (χ2v) is 2.69. The highest BCUT2D eigenvalue weighted by Crippen LogP contribution is 1.71. The number of nitrogens with zero attached hydrogens (tertiary/aromatic N) is 1. The monoisotopic (exact) mass is 166 g/mol. The lowest BCUT2D eigenvalue weighted by Crippen LogP contribution is -2.29. The van der Waals surface area contributed by atoms with Gasteiger partial charge < -0.3 is 4.98 Å². The number of aromatic amines is 1. The Kier molecular flexibility index (Phi) is 2.53. The third-order valence-corrected chi connectivity index (χ3v) is 1.87. The van der Waals surface area contributed by atoms with Gasteiger partial charge in [-0.25, -0.2) is 4.79 Å². The van der Waals surface area contributed by atoms with E-state index < -0.39 is 0 Å². The van der Waals surface area contributed by atoms with Gasteiger partial charge >= 0.3 is 5.69 Å². The van der Waals surface area contributed by atoms with Gasteiger partial charge in [-0.2, -0.15) is 0 Å². The van der Waals surface area contributed by atoms with Gasteiger partial charge in [0.05, 0.1) is 10.7 Å². The minimum Gasteiger partial charge on any atom is -0.306 e. The van der Waals surface area contributed by atoms with Crippen LogP contribution in [0.2, 0.25) is 0 Å². The fourth-order valence-electron chi connectivity index (χ4n) is 1.21. The Balaban J connectivity index is 3.65. The maximum atomic E-state index is 11.2. The Morgan fingerprint density at radius 3 is 2.75 bits per heavy atom. The maximum Gasteiger partial charge on any atom is 0.326 e. The van der Waals surface area contributed by atoms with Crippen LogP contribution in [0, 0.1) is 0 Å². The molecule has 0 bridgehead atoms. The summed E-state index contributed by atoms with van der Waals surface area (Å²) in [5.41, 5.74) is -0.0530. The van der Waals surface area contributed by atoms with E-state index in [1.165, 1.54) is 0 Å². The Hall–Kier alpha value is -1.25. The molecule has 0 aliphatic heterocycles. The molecule has 1 rings (SSSR count). The highest BCUT2D eigenvalue weighted by atomic mass is 16.1. The van der Waals surface area contributed by atoms with E-state index in [1.807, 2.05) is 19.1 Å².